The second-order valence-electron chi connectivity index (χ2n) is 7.18. The third kappa shape index (κ3) is 3.51. The fourth-order valence-electron chi connectivity index (χ4n) is 3.57. The number of hydrogen-bond acceptors (Lipinski definition) is 6. The van der Waals surface area contributed by atoms with Crippen molar-refractivity contribution in [1.29, 1.82) is 0 Å². The lowest BCUT2D eigenvalue weighted by Gasteiger charge is -2.11. The molecule has 31 heavy (non-hydrogen) atoms. The maximum absolute atomic E-state index is 12.3. The highest BCUT2D eigenvalue weighted by atomic mass is 32.1. The van der Waals surface area contributed by atoms with Crippen molar-refractivity contribution in [2.45, 2.75) is 13.5 Å². The van der Waals surface area contributed by atoms with E-state index in [9.17, 15) is 4.79 Å². The fraction of sp³-hybridized carbons (Fsp3) is 0.130. The lowest BCUT2D eigenvalue weighted by atomic mass is 10.0. The average molecular weight is 430 g/mol. The lowest BCUT2D eigenvalue weighted by Crippen LogP contribution is -2.23. The Morgan fingerprint density at radius 1 is 1.00 bits per heavy atom. The molecule has 0 saturated heterocycles. The summed E-state index contributed by atoms with van der Waals surface area (Å²) in [6.07, 6.45) is 0. The predicted octanol–water partition coefficient (Wildman–Crippen LogP) is 4.13. The van der Waals surface area contributed by atoms with Gasteiger partial charge in [0.15, 0.2) is 0 Å². The van der Waals surface area contributed by atoms with Crippen LogP contribution in [0.2, 0.25) is 0 Å². The van der Waals surface area contributed by atoms with Crippen LogP contribution in [0.25, 0.3) is 27.7 Å². The minimum absolute atomic E-state index is 0.271. The number of aromatic nitrogens is 5. The topological polar surface area (TPSA) is 74.8 Å². The molecule has 154 valence electrons. The molecule has 0 fully saturated rings. The Balaban J connectivity index is 1.44. The minimum atomic E-state index is -0.306. The molecule has 2 aromatic heterocycles. The molecule has 7 nitrogen and oxygen atoms in total. The van der Waals surface area contributed by atoms with Gasteiger partial charge in [-0.2, -0.15) is 9.36 Å². The molecule has 0 aliphatic carbocycles. The highest BCUT2D eigenvalue weighted by molar-refractivity contribution is 7.11. The normalized spacial score (nSPS) is 11.2. The molecule has 8 heteroatoms. The molecular weight excluding hydrogens is 410 g/mol. The molecule has 0 bridgehead atoms. The van der Waals surface area contributed by atoms with Gasteiger partial charge in [0.2, 0.25) is 0 Å². The van der Waals surface area contributed by atoms with Crippen LogP contribution in [0, 0.1) is 6.92 Å². The van der Waals surface area contributed by atoms with Gasteiger partial charge in [0.25, 0.3) is 5.19 Å². The SMILES string of the molecule is Cc1cccc(-n2nnn(C)c2=O)c1COc1nc(-c2cccc3ccccc23)cs1. The summed E-state index contributed by atoms with van der Waals surface area (Å²) in [6.45, 7) is 2.25. The molecule has 0 aliphatic heterocycles. The Morgan fingerprint density at radius 2 is 1.81 bits per heavy atom. The number of thiazole rings is 1. The van der Waals surface area contributed by atoms with E-state index in [0.717, 1.165) is 27.8 Å². The van der Waals surface area contributed by atoms with Gasteiger partial charge in [-0.1, -0.05) is 65.9 Å². The van der Waals surface area contributed by atoms with Crippen LogP contribution in [0.4, 0.5) is 0 Å². The van der Waals surface area contributed by atoms with E-state index in [1.807, 2.05) is 48.7 Å². The number of hydrogen-bond donors (Lipinski definition) is 0. The number of rotatable bonds is 5. The third-order valence-electron chi connectivity index (χ3n) is 5.22. The summed E-state index contributed by atoms with van der Waals surface area (Å²) in [6, 6.07) is 20.2. The van der Waals surface area contributed by atoms with Gasteiger partial charge < -0.3 is 4.74 Å². The highest BCUT2D eigenvalue weighted by Gasteiger charge is 2.15. The van der Waals surface area contributed by atoms with Crippen LogP contribution in [-0.4, -0.2) is 24.8 Å². The molecule has 0 saturated carbocycles. The van der Waals surface area contributed by atoms with Crippen molar-refractivity contribution >= 4 is 22.1 Å². The van der Waals surface area contributed by atoms with Crippen LogP contribution in [0.3, 0.4) is 0 Å². The van der Waals surface area contributed by atoms with Gasteiger partial charge in [-0.3, -0.25) is 0 Å². The van der Waals surface area contributed by atoms with E-state index >= 15 is 0 Å². The van der Waals surface area contributed by atoms with Crippen molar-refractivity contribution in [3.63, 3.8) is 0 Å². The summed E-state index contributed by atoms with van der Waals surface area (Å²) in [5.74, 6) is 0. The smallest absolute Gasteiger partial charge is 0.368 e. The van der Waals surface area contributed by atoms with Crippen molar-refractivity contribution in [3.8, 4) is 22.1 Å². The lowest BCUT2D eigenvalue weighted by molar-refractivity contribution is 0.303. The van der Waals surface area contributed by atoms with Crippen LogP contribution < -0.4 is 10.4 Å². The van der Waals surface area contributed by atoms with Gasteiger partial charge in [0.05, 0.1) is 11.4 Å². The molecule has 0 aliphatic rings. The maximum Gasteiger partial charge on any atom is 0.368 e. The number of ether oxygens (including phenoxy) is 1. The van der Waals surface area contributed by atoms with Crippen LogP contribution in [-0.2, 0) is 13.7 Å². The van der Waals surface area contributed by atoms with Crippen molar-refractivity contribution in [2.24, 2.45) is 7.05 Å². The van der Waals surface area contributed by atoms with Crippen molar-refractivity contribution in [1.82, 2.24) is 24.8 Å². The Bertz CT molecular complexity index is 1440. The molecule has 0 amide bonds. The third-order valence-corrected chi connectivity index (χ3v) is 5.98. The first-order valence-electron chi connectivity index (χ1n) is 9.76. The number of aryl methyl sites for hydroxylation is 2. The minimum Gasteiger partial charge on any atom is -0.465 e. The Kier molecular flexibility index (Phi) is 4.83. The molecular formula is C23H19N5O2S. The second kappa shape index (κ2) is 7.81. The Morgan fingerprint density at radius 3 is 2.65 bits per heavy atom. The van der Waals surface area contributed by atoms with E-state index in [1.165, 1.54) is 26.1 Å². The van der Waals surface area contributed by atoms with Crippen LogP contribution in [0.5, 0.6) is 5.19 Å². The zero-order valence-electron chi connectivity index (χ0n) is 17.0. The zero-order chi connectivity index (χ0) is 21.4. The van der Waals surface area contributed by atoms with Crippen molar-refractivity contribution in [2.75, 3.05) is 0 Å². The van der Waals surface area contributed by atoms with Gasteiger partial charge in [0, 0.05) is 23.6 Å². The fourth-order valence-corrected chi connectivity index (χ4v) is 4.24. The molecule has 0 unspecified atom stereocenters. The monoisotopic (exact) mass is 429 g/mol. The first-order valence-corrected chi connectivity index (χ1v) is 10.6. The summed E-state index contributed by atoms with van der Waals surface area (Å²) in [5.41, 5.74) is 4.18. The first kappa shape index (κ1) is 19.2. The molecule has 0 spiro atoms. The van der Waals surface area contributed by atoms with E-state index in [-0.39, 0.29) is 12.3 Å². The predicted molar refractivity (Wildman–Crippen MR) is 121 cm³/mol. The number of benzene rings is 3. The van der Waals surface area contributed by atoms with Gasteiger partial charge in [-0.25, -0.2) is 9.78 Å². The first-order chi connectivity index (χ1) is 15.1. The zero-order valence-corrected chi connectivity index (χ0v) is 17.8. The van der Waals surface area contributed by atoms with E-state index in [4.69, 9.17) is 9.72 Å². The molecule has 0 N–H and O–H groups in total. The standard InChI is InChI=1S/C23H19N5O2S/c1-15-7-5-12-21(28-23(29)27(2)25-26-28)19(15)13-30-22-24-20(14-31-22)18-11-6-9-16-8-3-4-10-17(16)18/h3-12,14H,13H2,1-2H3. The Hall–Kier alpha value is -3.78. The van der Waals surface area contributed by atoms with E-state index in [1.54, 1.807) is 7.05 Å². The van der Waals surface area contributed by atoms with Crippen molar-refractivity contribution in [3.05, 3.63) is 87.7 Å². The molecule has 5 aromatic rings. The summed E-state index contributed by atoms with van der Waals surface area (Å²) in [4.78, 5) is 17.0. The van der Waals surface area contributed by atoms with Crippen LogP contribution >= 0.6 is 11.3 Å². The van der Waals surface area contributed by atoms with E-state index in [0.29, 0.717) is 10.9 Å². The average Bonchev–Trinajstić information content (AvgIpc) is 3.39. The van der Waals surface area contributed by atoms with Gasteiger partial charge in [-0.05, 0) is 39.8 Å². The molecule has 0 atom stereocenters. The van der Waals surface area contributed by atoms with Crippen molar-refractivity contribution < 1.29 is 4.74 Å². The molecule has 0 radical (unpaired) electrons. The summed E-state index contributed by atoms with van der Waals surface area (Å²) < 4.78 is 8.52. The van der Waals surface area contributed by atoms with Gasteiger partial charge >= 0.3 is 5.69 Å². The van der Waals surface area contributed by atoms with E-state index < -0.39 is 0 Å². The Labute approximate surface area is 182 Å². The van der Waals surface area contributed by atoms with Crippen LogP contribution in [0.15, 0.2) is 70.8 Å². The number of tetrazole rings is 1. The second-order valence-corrected chi connectivity index (χ2v) is 8.00. The van der Waals surface area contributed by atoms with Gasteiger partial charge in [-0.15, -0.1) is 0 Å². The highest BCUT2D eigenvalue weighted by Crippen LogP contribution is 2.32. The number of nitrogens with zero attached hydrogens (tertiary/aromatic N) is 5. The quantitative estimate of drug-likeness (QED) is 0.420. The number of fused-ring (bicyclic) bond motifs is 1. The molecule has 2 heterocycles. The maximum atomic E-state index is 12.3. The van der Waals surface area contributed by atoms with Gasteiger partial charge in [0.1, 0.15) is 6.61 Å². The summed E-state index contributed by atoms with van der Waals surface area (Å²) >= 11 is 1.45. The summed E-state index contributed by atoms with van der Waals surface area (Å²) in [7, 11) is 1.57. The van der Waals surface area contributed by atoms with E-state index in [2.05, 4.69) is 34.7 Å². The molecule has 5 rings (SSSR count). The summed E-state index contributed by atoms with van der Waals surface area (Å²) in [5, 5.41) is 12.7. The van der Waals surface area contributed by atoms with Crippen LogP contribution in [0.1, 0.15) is 11.1 Å². The molecule has 3 aromatic carbocycles. The largest absolute Gasteiger partial charge is 0.465 e.